The van der Waals surface area contributed by atoms with E-state index in [4.69, 9.17) is 11.5 Å². The molecule has 1 saturated heterocycles. The number of ketones is 1. The van der Waals surface area contributed by atoms with Crippen molar-refractivity contribution in [2.45, 2.75) is 26.3 Å². The van der Waals surface area contributed by atoms with Gasteiger partial charge >= 0.3 is 0 Å². The number of rotatable bonds is 3. The quantitative estimate of drug-likeness (QED) is 0.804. The van der Waals surface area contributed by atoms with E-state index in [1.54, 1.807) is 0 Å². The number of carbonyl (C=O) groups excluding carboxylic acids is 1. The fourth-order valence-corrected chi connectivity index (χ4v) is 3.19. The molecular weight excluding hydrogens is 234 g/mol. The molecular formula is C12H19N3OS. The first-order chi connectivity index (χ1) is 7.99. The van der Waals surface area contributed by atoms with E-state index >= 15 is 0 Å². The zero-order valence-corrected chi connectivity index (χ0v) is 11.1. The molecule has 0 bridgehead atoms. The summed E-state index contributed by atoms with van der Waals surface area (Å²) in [4.78, 5) is 14.8. The van der Waals surface area contributed by atoms with Crippen molar-refractivity contribution in [2.75, 3.05) is 23.7 Å². The lowest BCUT2D eigenvalue weighted by molar-refractivity contribution is 0.0944. The molecule has 1 atom stereocenters. The molecule has 1 aliphatic heterocycles. The van der Waals surface area contributed by atoms with E-state index in [1.807, 2.05) is 19.9 Å². The minimum Gasteiger partial charge on any atom is -0.397 e. The highest BCUT2D eigenvalue weighted by atomic mass is 32.1. The number of Topliss-reactive ketones (excluding diaryl/α,β-unsaturated/α-hetero) is 1. The van der Waals surface area contributed by atoms with Gasteiger partial charge in [-0.25, -0.2) is 0 Å². The Hall–Kier alpha value is -1.07. The van der Waals surface area contributed by atoms with Crippen molar-refractivity contribution in [3.63, 3.8) is 0 Å². The van der Waals surface area contributed by atoms with Crippen LogP contribution in [0.3, 0.4) is 0 Å². The third kappa shape index (κ3) is 2.45. The molecule has 0 amide bonds. The Labute approximate surface area is 106 Å². The van der Waals surface area contributed by atoms with Crippen LogP contribution in [-0.4, -0.2) is 24.9 Å². The summed E-state index contributed by atoms with van der Waals surface area (Å²) < 4.78 is 0. The number of nitrogens with zero attached hydrogens (tertiary/aromatic N) is 1. The van der Waals surface area contributed by atoms with Gasteiger partial charge in [0.25, 0.3) is 0 Å². The van der Waals surface area contributed by atoms with Crippen LogP contribution >= 0.6 is 11.3 Å². The van der Waals surface area contributed by atoms with Gasteiger partial charge in [0.15, 0.2) is 5.78 Å². The van der Waals surface area contributed by atoms with E-state index in [-0.39, 0.29) is 17.7 Å². The zero-order valence-electron chi connectivity index (χ0n) is 10.3. The highest BCUT2D eigenvalue weighted by Gasteiger charge is 2.24. The van der Waals surface area contributed by atoms with E-state index in [0.717, 1.165) is 24.5 Å². The zero-order chi connectivity index (χ0) is 12.6. The van der Waals surface area contributed by atoms with Crippen molar-refractivity contribution in [1.29, 1.82) is 0 Å². The first-order valence-corrected chi connectivity index (χ1v) is 6.74. The first kappa shape index (κ1) is 12.4. The number of hydrogen-bond donors (Lipinski definition) is 2. The number of carbonyl (C=O) groups is 1. The largest absolute Gasteiger partial charge is 0.397 e. The van der Waals surface area contributed by atoms with Crippen LogP contribution in [0.2, 0.25) is 0 Å². The van der Waals surface area contributed by atoms with Gasteiger partial charge in [0, 0.05) is 25.0 Å². The van der Waals surface area contributed by atoms with Crippen LogP contribution in [-0.2, 0) is 0 Å². The van der Waals surface area contributed by atoms with Gasteiger partial charge in [-0.05, 0) is 12.5 Å². The number of hydrogen-bond acceptors (Lipinski definition) is 5. The molecule has 5 heteroatoms. The molecule has 1 aromatic heterocycles. The van der Waals surface area contributed by atoms with Crippen molar-refractivity contribution in [2.24, 2.45) is 11.7 Å². The summed E-state index contributed by atoms with van der Waals surface area (Å²) in [5, 5.41) is 1.07. The van der Waals surface area contributed by atoms with Crippen LogP contribution in [0.5, 0.6) is 0 Å². The van der Waals surface area contributed by atoms with Gasteiger partial charge in [-0.3, -0.25) is 4.79 Å². The summed E-state index contributed by atoms with van der Waals surface area (Å²) >= 11 is 1.49. The Balaban J connectivity index is 2.21. The molecule has 0 spiro atoms. The highest BCUT2D eigenvalue weighted by molar-refractivity contribution is 7.18. The number of anilines is 2. The van der Waals surface area contributed by atoms with Crippen molar-refractivity contribution < 1.29 is 4.79 Å². The minimum absolute atomic E-state index is 0.00960. The molecule has 1 aromatic rings. The standard InChI is InChI=1S/C12H19N3OS/c1-7(2)11(16)12-9(14)5-10(17-12)15-4-3-8(13)6-15/h5,7-8H,3-4,6,13-14H2,1-2H3. The smallest absolute Gasteiger partial charge is 0.177 e. The summed E-state index contributed by atoms with van der Waals surface area (Å²) in [6.45, 7) is 5.60. The molecule has 4 N–H and O–H groups in total. The van der Waals surface area contributed by atoms with Gasteiger partial charge in [-0.2, -0.15) is 0 Å². The molecule has 2 rings (SSSR count). The van der Waals surface area contributed by atoms with Crippen molar-refractivity contribution >= 4 is 27.8 Å². The third-order valence-electron chi connectivity index (χ3n) is 3.03. The van der Waals surface area contributed by atoms with Gasteiger partial charge in [-0.1, -0.05) is 13.8 Å². The Morgan fingerprint density at radius 2 is 2.29 bits per heavy atom. The summed E-state index contributed by atoms with van der Waals surface area (Å²) in [5.41, 5.74) is 12.4. The van der Waals surface area contributed by atoms with Gasteiger partial charge < -0.3 is 16.4 Å². The monoisotopic (exact) mass is 253 g/mol. The topological polar surface area (TPSA) is 72.3 Å². The molecule has 2 heterocycles. The van der Waals surface area contributed by atoms with Gasteiger partial charge in [0.2, 0.25) is 0 Å². The Morgan fingerprint density at radius 3 is 2.82 bits per heavy atom. The second-order valence-electron chi connectivity index (χ2n) is 4.88. The van der Waals surface area contributed by atoms with Gasteiger partial charge in [-0.15, -0.1) is 11.3 Å². The average Bonchev–Trinajstić information content (AvgIpc) is 2.83. The van der Waals surface area contributed by atoms with Crippen LogP contribution < -0.4 is 16.4 Å². The van der Waals surface area contributed by atoms with Gasteiger partial charge in [0.05, 0.1) is 15.6 Å². The third-order valence-corrected chi connectivity index (χ3v) is 4.26. The lowest BCUT2D eigenvalue weighted by Gasteiger charge is -2.14. The Bertz CT molecular complexity index is 427. The van der Waals surface area contributed by atoms with E-state index < -0.39 is 0 Å². The van der Waals surface area contributed by atoms with E-state index in [1.165, 1.54) is 11.3 Å². The van der Waals surface area contributed by atoms with Crippen molar-refractivity contribution in [3.8, 4) is 0 Å². The molecule has 0 aromatic carbocycles. The van der Waals surface area contributed by atoms with E-state index in [0.29, 0.717) is 10.6 Å². The molecule has 17 heavy (non-hydrogen) atoms. The maximum Gasteiger partial charge on any atom is 0.177 e. The van der Waals surface area contributed by atoms with Crippen molar-refractivity contribution in [1.82, 2.24) is 0 Å². The molecule has 1 fully saturated rings. The average molecular weight is 253 g/mol. The van der Waals surface area contributed by atoms with Crippen LogP contribution in [0.1, 0.15) is 29.9 Å². The normalized spacial score (nSPS) is 20.2. The summed E-state index contributed by atoms with van der Waals surface area (Å²) in [6, 6.07) is 2.14. The van der Waals surface area contributed by atoms with Gasteiger partial charge in [0.1, 0.15) is 0 Å². The van der Waals surface area contributed by atoms with Crippen molar-refractivity contribution in [3.05, 3.63) is 10.9 Å². The number of nitrogen functional groups attached to an aromatic ring is 1. The minimum atomic E-state index is -0.00960. The van der Waals surface area contributed by atoms with E-state index in [9.17, 15) is 4.79 Å². The van der Waals surface area contributed by atoms with Crippen LogP contribution in [0, 0.1) is 5.92 Å². The van der Waals surface area contributed by atoms with Crippen LogP contribution in [0.4, 0.5) is 10.7 Å². The predicted molar refractivity (Wildman–Crippen MR) is 72.7 cm³/mol. The molecule has 94 valence electrons. The summed E-state index contributed by atoms with van der Waals surface area (Å²) in [7, 11) is 0. The Morgan fingerprint density at radius 1 is 1.59 bits per heavy atom. The van der Waals surface area contributed by atoms with E-state index in [2.05, 4.69) is 4.90 Å². The predicted octanol–water partition coefficient (Wildman–Crippen LogP) is 1.71. The number of nitrogens with two attached hydrogens (primary N) is 2. The molecule has 0 saturated carbocycles. The Kier molecular flexibility index (Phi) is 3.40. The second-order valence-corrected chi connectivity index (χ2v) is 5.91. The summed E-state index contributed by atoms with van der Waals surface area (Å²) in [6.07, 6.45) is 1.01. The lowest BCUT2D eigenvalue weighted by atomic mass is 10.1. The lowest BCUT2D eigenvalue weighted by Crippen LogP contribution is -2.25. The summed E-state index contributed by atoms with van der Waals surface area (Å²) in [5.74, 6) is 0.117. The highest BCUT2D eigenvalue weighted by Crippen LogP contribution is 2.35. The molecule has 1 aliphatic rings. The molecule has 4 nitrogen and oxygen atoms in total. The molecule has 1 unspecified atom stereocenters. The van der Waals surface area contributed by atoms with Crippen LogP contribution in [0.15, 0.2) is 6.07 Å². The SMILES string of the molecule is CC(C)C(=O)c1sc(N2CCC(N)C2)cc1N. The fraction of sp³-hybridized carbons (Fsp3) is 0.583. The van der Waals surface area contributed by atoms with Crippen LogP contribution in [0.25, 0.3) is 0 Å². The molecule has 0 radical (unpaired) electrons. The maximum atomic E-state index is 11.9. The fourth-order valence-electron chi connectivity index (χ4n) is 1.99. The molecule has 0 aliphatic carbocycles. The maximum absolute atomic E-state index is 11.9. The first-order valence-electron chi connectivity index (χ1n) is 5.93. The second kappa shape index (κ2) is 4.66. The number of thiophene rings is 1.